The highest BCUT2D eigenvalue weighted by molar-refractivity contribution is 9.10. The Bertz CT molecular complexity index is 645. The summed E-state index contributed by atoms with van der Waals surface area (Å²) >= 11 is 3.54. The molecule has 0 spiro atoms. The van der Waals surface area contributed by atoms with Crippen LogP contribution in [0.4, 0.5) is 0 Å². The number of carbonyl (C=O) groups is 1. The predicted molar refractivity (Wildman–Crippen MR) is 94.8 cm³/mol. The Labute approximate surface area is 145 Å². The van der Waals surface area contributed by atoms with Crippen molar-refractivity contribution in [2.45, 2.75) is 33.3 Å². The number of hydrogen-bond donors (Lipinski definition) is 0. The highest BCUT2D eigenvalue weighted by Crippen LogP contribution is 2.27. The second-order valence-corrected chi connectivity index (χ2v) is 6.21. The topological polar surface area (TPSA) is 35.5 Å². The summed E-state index contributed by atoms with van der Waals surface area (Å²) in [4.78, 5) is 12.2. The van der Waals surface area contributed by atoms with Crippen molar-refractivity contribution in [1.29, 1.82) is 0 Å². The zero-order chi connectivity index (χ0) is 16.8. The van der Waals surface area contributed by atoms with Crippen molar-refractivity contribution in [3.8, 4) is 5.75 Å². The number of esters is 1. The van der Waals surface area contributed by atoms with Crippen molar-refractivity contribution < 1.29 is 14.3 Å². The first-order valence-electron chi connectivity index (χ1n) is 7.65. The van der Waals surface area contributed by atoms with Crippen LogP contribution in [0.5, 0.6) is 5.75 Å². The summed E-state index contributed by atoms with van der Waals surface area (Å²) in [5.41, 5.74) is 3.18. The van der Waals surface area contributed by atoms with Crippen molar-refractivity contribution in [1.82, 2.24) is 0 Å². The van der Waals surface area contributed by atoms with Crippen molar-refractivity contribution in [3.63, 3.8) is 0 Å². The quantitative estimate of drug-likeness (QED) is 0.690. The molecule has 2 rings (SSSR count). The van der Waals surface area contributed by atoms with E-state index in [0.717, 1.165) is 21.2 Å². The third-order valence-electron chi connectivity index (χ3n) is 3.50. The summed E-state index contributed by atoms with van der Waals surface area (Å²) < 4.78 is 12.2. The van der Waals surface area contributed by atoms with Crippen LogP contribution in [0.15, 0.2) is 46.9 Å². The Balaban J connectivity index is 2.22. The Hall–Kier alpha value is -1.81. The summed E-state index contributed by atoms with van der Waals surface area (Å²) in [7, 11) is 0. The van der Waals surface area contributed by atoms with Gasteiger partial charge in [0.05, 0.1) is 6.61 Å². The highest BCUT2D eigenvalue weighted by atomic mass is 79.9. The van der Waals surface area contributed by atoms with Gasteiger partial charge in [0.1, 0.15) is 5.75 Å². The normalized spacial score (nSPS) is 11.8. The van der Waals surface area contributed by atoms with Crippen molar-refractivity contribution in [2.24, 2.45) is 0 Å². The van der Waals surface area contributed by atoms with Crippen LogP contribution in [0.2, 0.25) is 0 Å². The van der Waals surface area contributed by atoms with E-state index >= 15 is 0 Å². The fourth-order valence-electron chi connectivity index (χ4n) is 2.37. The van der Waals surface area contributed by atoms with E-state index < -0.39 is 6.10 Å². The van der Waals surface area contributed by atoms with E-state index in [2.05, 4.69) is 15.9 Å². The molecule has 0 aliphatic rings. The molecule has 0 aliphatic carbocycles. The molecule has 2 aromatic carbocycles. The average Bonchev–Trinajstić information content (AvgIpc) is 2.53. The fraction of sp³-hybridized carbons (Fsp3) is 0.316. The molecular formula is C19H21BrO3. The Morgan fingerprint density at radius 2 is 1.74 bits per heavy atom. The monoisotopic (exact) mass is 376 g/mol. The van der Waals surface area contributed by atoms with E-state index in [1.54, 1.807) is 6.92 Å². The van der Waals surface area contributed by atoms with Gasteiger partial charge in [0.15, 0.2) is 6.10 Å². The highest BCUT2D eigenvalue weighted by Gasteiger charge is 2.23. The van der Waals surface area contributed by atoms with E-state index in [1.807, 2.05) is 56.3 Å². The minimum absolute atomic E-state index is 0.338. The smallest absolute Gasteiger partial charge is 0.347 e. The number of hydrogen-bond acceptors (Lipinski definition) is 3. The van der Waals surface area contributed by atoms with Crippen LogP contribution >= 0.6 is 15.9 Å². The maximum Gasteiger partial charge on any atom is 0.347 e. The molecule has 0 saturated heterocycles. The number of carbonyl (C=O) groups excluding carboxylic acids is 1. The first-order valence-corrected chi connectivity index (χ1v) is 8.44. The first kappa shape index (κ1) is 17.5. The second kappa shape index (κ2) is 8.16. The number of ether oxygens (including phenoxy) is 2. The maximum atomic E-state index is 12.2. The van der Waals surface area contributed by atoms with Crippen LogP contribution in [-0.4, -0.2) is 18.7 Å². The van der Waals surface area contributed by atoms with Crippen LogP contribution < -0.4 is 4.74 Å². The summed E-state index contributed by atoms with van der Waals surface area (Å²) in [6.45, 7) is 6.14. The molecule has 0 saturated carbocycles. The first-order chi connectivity index (χ1) is 11.0. The lowest BCUT2D eigenvalue weighted by molar-refractivity contribution is -0.151. The largest absolute Gasteiger partial charge is 0.478 e. The number of benzene rings is 2. The molecule has 0 bridgehead atoms. The third kappa shape index (κ3) is 4.83. The molecule has 3 nitrogen and oxygen atoms in total. The van der Waals surface area contributed by atoms with Crippen LogP contribution in [0.3, 0.4) is 0 Å². The van der Waals surface area contributed by atoms with Crippen LogP contribution in [0.25, 0.3) is 0 Å². The fourth-order valence-corrected chi connectivity index (χ4v) is 2.60. The van der Waals surface area contributed by atoms with E-state index in [-0.39, 0.29) is 5.97 Å². The maximum absolute atomic E-state index is 12.2. The molecule has 0 radical (unpaired) electrons. The lowest BCUT2D eigenvalue weighted by Gasteiger charge is -2.19. The number of aryl methyl sites for hydroxylation is 2. The van der Waals surface area contributed by atoms with Gasteiger partial charge < -0.3 is 9.47 Å². The van der Waals surface area contributed by atoms with Gasteiger partial charge in [-0.2, -0.15) is 0 Å². The molecule has 0 aromatic heterocycles. The predicted octanol–water partition coefficient (Wildman–Crippen LogP) is 4.62. The van der Waals surface area contributed by atoms with Crippen molar-refractivity contribution >= 4 is 21.9 Å². The van der Waals surface area contributed by atoms with Gasteiger partial charge in [-0.1, -0.05) is 46.3 Å². The minimum Gasteiger partial charge on any atom is -0.478 e. The van der Waals surface area contributed by atoms with Gasteiger partial charge in [-0.25, -0.2) is 4.79 Å². The minimum atomic E-state index is -0.655. The van der Waals surface area contributed by atoms with Crippen LogP contribution in [0.1, 0.15) is 23.6 Å². The van der Waals surface area contributed by atoms with Crippen LogP contribution in [0, 0.1) is 13.8 Å². The molecule has 0 aliphatic heterocycles. The Morgan fingerprint density at radius 3 is 2.30 bits per heavy atom. The molecule has 122 valence electrons. The molecule has 1 atom stereocenters. The molecule has 0 amide bonds. The second-order valence-electron chi connectivity index (χ2n) is 5.42. The lowest BCUT2D eigenvalue weighted by atomic mass is 10.1. The zero-order valence-corrected chi connectivity index (χ0v) is 15.2. The average molecular weight is 377 g/mol. The van der Waals surface area contributed by atoms with E-state index in [0.29, 0.717) is 18.8 Å². The lowest BCUT2D eigenvalue weighted by Crippen LogP contribution is -2.31. The van der Waals surface area contributed by atoms with Crippen molar-refractivity contribution in [3.05, 3.63) is 63.6 Å². The molecule has 0 N–H and O–H groups in total. The van der Waals surface area contributed by atoms with Crippen molar-refractivity contribution in [2.75, 3.05) is 6.61 Å². The summed E-state index contributed by atoms with van der Waals surface area (Å²) in [6, 6.07) is 13.7. The molecule has 4 heteroatoms. The van der Waals surface area contributed by atoms with Gasteiger partial charge >= 0.3 is 5.97 Å². The molecule has 1 unspecified atom stereocenters. The summed E-state index contributed by atoms with van der Waals surface area (Å²) in [5.74, 6) is 0.340. The number of halogens is 1. The summed E-state index contributed by atoms with van der Waals surface area (Å²) in [5, 5.41) is 0. The molecule has 23 heavy (non-hydrogen) atoms. The van der Waals surface area contributed by atoms with E-state index in [1.165, 1.54) is 0 Å². The molecular weight excluding hydrogens is 356 g/mol. The van der Waals surface area contributed by atoms with Gasteiger partial charge in [0.2, 0.25) is 0 Å². The SMILES string of the molecule is CCOC(=O)C(Cc1ccccc1)Oc1cc(C)c(Br)c(C)c1. The summed E-state index contributed by atoms with van der Waals surface area (Å²) in [6.07, 6.45) is -0.175. The molecule has 0 fully saturated rings. The van der Waals surface area contributed by atoms with Crippen LogP contribution in [-0.2, 0) is 16.0 Å². The van der Waals surface area contributed by atoms with Gasteiger partial charge in [0, 0.05) is 10.9 Å². The Morgan fingerprint density at radius 1 is 1.13 bits per heavy atom. The molecule has 0 heterocycles. The van der Waals surface area contributed by atoms with Gasteiger partial charge in [-0.3, -0.25) is 0 Å². The van der Waals surface area contributed by atoms with Gasteiger partial charge in [0.25, 0.3) is 0 Å². The standard InChI is InChI=1S/C19H21BrO3/c1-4-22-19(21)17(12-15-8-6-5-7-9-15)23-16-10-13(2)18(20)14(3)11-16/h5-11,17H,4,12H2,1-3H3. The van der Waals surface area contributed by atoms with E-state index in [9.17, 15) is 4.79 Å². The van der Waals surface area contributed by atoms with Gasteiger partial charge in [-0.05, 0) is 49.6 Å². The molecule has 2 aromatic rings. The third-order valence-corrected chi connectivity index (χ3v) is 4.75. The van der Waals surface area contributed by atoms with E-state index in [4.69, 9.17) is 9.47 Å². The van der Waals surface area contributed by atoms with Gasteiger partial charge in [-0.15, -0.1) is 0 Å². The number of rotatable bonds is 6. The zero-order valence-electron chi connectivity index (χ0n) is 13.6. The Kier molecular flexibility index (Phi) is 6.22.